The number of aliphatic hydroxyl groups is 1. The first-order chi connectivity index (χ1) is 7.53. The third-order valence-corrected chi connectivity index (χ3v) is 4.47. The van der Waals surface area contributed by atoms with Crippen molar-refractivity contribution in [2.75, 3.05) is 0 Å². The van der Waals surface area contributed by atoms with Gasteiger partial charge in [0.15, 0.2) is 0 Å². The summed E-state index contributed by atoms with van der Waals surface area (Å²) in [5.74, 6) is 1.13. The fraction of sp³-hybridized carbons (Fsp3) is 1.00. The molecular weight excluding hydrogens is 200 g/mol. The average molecular weight is 226 g/mol. The van der Waals surface area contributed by atoms with E-state index in [1.807, 2.05) is 6.92 Å². The number of rotatable bonds is 2. The predicted octanol–water partition coefficient (Wildman–Crippen LogP) is 3.13. The third-order valence-electron chi connectivity index (χ3n) is 4.47. The Bertz CT molecular complexity index is 237. The first-order valence-electron chi connectivity index (χ1n) is 6.90. The van der Waals surface area contributed by atoms with Crippen LogP contribution in [0.5, 0.6) is 0 Å². The van der Waals surface area contributed by atoms with Gasteiger partial charge in [-0.15, -0.1) is 0 Å². The highest BCUT2D eigenvalue weighted by Crippen LogP contribution is 2.44. The Kier molecular flexibility index (Phi) is 3.60. The second kappa shape index (κ2) is 4.66. The van der Waals surface area contributed by atoms with Crippen molar-refractivity contribution < 1.29 is 9.84 Å². The van der Waals surface area contributed by atoms with Crippen LogP contribution in [0.1, 0.15) is 59.3 Å². The van der Waals surface area contributed by atoms with Gasteiger partial charge in [0, 0.05) is 12.3 Å². The van der Waals surface area contributed by atoms with Gasteiger partial charge < -0.3 is 9.84 Å². The summed E-state index contributed by atoms with van der Waals surface area (Å²) >= 11 is 0. The van der Waals surface area contributed by atoms with Crippen molar-refractivity contribution in [2.45, 2.75) is 77.1 Å². The summed E-state index contributed by atoms with van der Waals surface area (Å²) in [6.45, 7) is 6.51. The van der Waals surface area contributed by atoms with Crippen molar-refractivity contribution in [3.63, 3.8) is 0 Å². The monoisotopic (exact) mass is 226 g/mol. The van der Waals surface area contributed by atoms with E-state index in [1.54, 1.807) is 0 Å². The Hall–Kier alpha value is -0.0800. The lowest BCUT2D eigenvalue weighted by Crippen LogP contribution is -2.53. The average Bonchev–Trinajstić information content (AvgIpc) is 2.15. The zero-order valence-electron chi connectivity index (χ0n) is 10.9. The molecule has 0 aromatic rings. The fourth-order valence-electron chi connectivity index (χ4n) is 3.59. The summed E-state index contributed by atoms with van der Waals surface area (Å²) in [7, 11) is 0. The van der Waals surface area contributed by atoms with E-state index in [0.717, 1.165) is 38.0 Å². The second-order valence-corrected chi connectivity index (χ2v) is 6.17. The maximum Gasteiger partial charge on any atom is 0.0697 e. The van der Waals surface area contributed by atoms with Crippen LogP contribution in [0.4, 0.5) is 0 Å². The number of ether oxygens (including phenoxy) is 1. The van der Waals surface area contributed by atoms with Gasteiger partial charge in [-0.25, -0.2) is 0 Å². The van der Waals surface area contributed by atoms with Crippen molar-refractivity contribution >= 4 is 0 Å². The Balaban J connectivity index is 2.06. The van der Waals surface area contributed by atoms with Gasteiger partial charge in [0.25, 0.3) is 0 Å². The fourth-order valence-corrected chi connectivity index (χ4v) is 3.59. The van der Waals surface area contributed by atoms with Crippen LogP contribution < -0.4 is 0 Å². The molecule has 0 amide bonds. The van der Waals surface area contributed by atoms with Gasteiger partial charge in [0.2, 0.25) is 0 Å². The molecule has 0 bridgehead atoms. The minimum absolute atomic E-state index is 0.284. The van der Waals surface area contributed by atoms with Gasteiger partial charge in [0.1, 0.15) is 0 Å². The second-order valence-electron chi connectivity index (χ2n) is 6.17. The molecule has 5 atom stereocenters. The van der Waals surface area contributed by atoms with Crippen LogP contribution >= 0.6 is 0 Å². The lowest BCUT2D eigenvalue weighted by molar-refractivity contribution is -0.196. The zero-order valence-corrected chi connectivity index (χ0v) is 10.9. The van der Waals surface area contributed by atoms with E-state index in [0.29, 0.717) is 12.0 Å². The van der Waals surface area contributed by atoms with Crippen molar-refractivity contribution in [3.8, 4) is 0 Å². The van der Waals surface area contributed by atoms with Gasteiger partial charge in [-0.1, -0.05) is 26.7 Å². The molecule has 1 aliphatic carbocycles. The SMILES string of the molecule is CCC[C@H]1C[C@@](C)(O)[C@@H]2CC[C@@H](C)C[C@H]2O1. The number of fused-ring (bicyclic) bond motifs is 1. The van der Waals surface area contributed by atoms with E-state index in [1.165, 1.54) is 6.42 Å². The third kappa shape index (κ3) is 2.43. The van der Waals surface area contributed by atoms with Crippen LogP contribution in [0.2, 0.25) is 0 Å². The standard InChI is InChI=1S/C14H26O2/c1-4-5-11-9-14(3,15)12-7-6-10(2)8-13(12)16-11/h10-13,15H,4-9H2,1-3H3/t10-,11+,12-,13-,14-/m1/s1. The zero-order chi connectivity index (χ0) is 11.8. The smallest absolute Gasteiger partial charge is 0.0697 e. The number of hydrogen-bond donors (Lipinski definition) is 1. The Labute approximate surface area is 99.4 Å². The maximum absolute atomic E-state index is 10.6. The summed E-state index contributed by atoms with van der Waals surface area (Å²) in [5, 5.41) is 10.6. The van der Waals surface area contributed by atoms with Gasteiger partial charge in [-0.3, -0.25) is 0 Å². The van der Waals surface area contributed by atoms with Gasteiger partial charge in [0.05, 0.1) is 17.8 Å². The van der Waals surface area contributed by atoms with Gasteiger partial charge in [-0.05, 0) is 32.1 Å². The summed E-state index contributed by atoms with van der Waals surface area (Å²) in [6.07, 6.45) is 7.19. The molecule has 0 aromatic carbocycles. The summed E-state index contributed by atoms with van der Waals surface area (Å²) in [5.41, 5.74) is -0.497. The molecule has 1 aliphatic heterocycles. The highest BCUT2D eigenvalue weighted by atomic mass is 16.5. The van der Waals surface area contributed by atoms with Crippen LogP contribution in [0.25, 0.3) is 0 Å². The first kappa shape index (κ1) is 12.4. The molecule has 2 aliphatic rings. The van der Waals surface area contributed by atoms with Crippen molar-refractivity contribution in [2.24, 2.45) is 11.8 Å². The Morgan fingerprint density at radius 1 is 1.38 bits per heavy atom. The van der Waals surface area contributed by atoms with Crippen LogP contribution in [0, 0.1) is 11.8 Å². The minimum atomic E-state index is -0.497. The Morgan fingerprint density at radius 3 is 2.81 bits per heavy atom. The molecule has 0 aromatic heterocycles. The summed E-state index contributed by atoms with van der Waals surface area (Å²) in [6, 6.07) is 0. The molecule has 1 saturated carbocycles. The highest BCUT2D eigenvalue weighted by Gasteiger charge is 2.46. The van der Waals surface area contributed by atoms with Crippen LogP contribution in [0.3, 0.4) is 0 Å². The largest absolute Gasteiger partial charge is 0.390 e. The van der Waals surface area contributed by atoms with E-state index >= 15 is 0 Å². The molecule has 2 heteroatoms. The topological polar surface area (TPSA) is 29.5 Å². The van der Waals surface area contributed by atoms with E-state index in [-0.39, 0.29) is 6.10 Å². The first-order valence-corrected chi connectivity index (χ1v) is 6.90. The van der Waals surface area contributed by atoms with Crippen LogP contribution in [-0.4, -0.2) is 22.9 Å². The van der Waals surface area contributed by atoms with E-state index in [4.69, 9.17) is 4.74 Å². The predicted molar refractivity (Wildman–Crippen MR) is 65.3 cm³/mol. The normalized spacial score (nSPS) is 48.8. The molecule has 0 spiro atoms. The molecule has 1 saturated heterocycles. The van der Waals surface area contributed by atoms with Crippen molar-refractivity contribution in [1.82, 2.24) is 0 Å². The molecule has 1 heterocycles. The molecule has 0 unspecified atom stereocenters. The molecular formula is C14H26O2. The number of hydrogen-bond acceptors (Lipinski definition) is 2. The quantitative estimate of drug-likeness (QED) is 0.784. The lowest BCUT2D eigenvalue weighted by atomic mass is 9.69. The molecule has 1 N–H and O–H groups in total. The van der Waals surface area contributed by atoms with Crippen LogP contribution in [-0.2, 0) is 4.74 Å². The van der Waals surface area contributed by atoms with E-state index < -0.39 is 5.60 Å². The minimum Gasteiger partial charge on any atom is -0.390 e. The molecule has 2 fully saturated rings. The van der Waals surface area contributed by atoms with E-state index in [2.05, 4.69) is 13.8 Å². The molecule has 16 heavy (non-hydrogen) atoms. The molecule has 2 rings (SSSR count). The summed E-state index contributed by atoms with van der Waals surface area (Å²) in [4.78, 5) is 0. The lowest BCUT2D eigenvalue weighted by Gasteiger charge is -2.49. The maximum atomic E-state index is 10.6. The van der Waals surface area contributed by atoms with Crippen molar-refractivity contribution in [1.29, 1.82) is 0 Å². The van der Waals surface area contributed by atoms with Gasteiger partial charge >= 0.3 is 0 Å². The molecule has 2 nitrogen and oxygen atoms in total. The van der Waals surface area contributed by atoms with Crippen molar-refractivity contribution in [3.05, 3.63) is 0 Å². The molecule has 94 valence electrons. The molecule has 0 radical (unpaired) electrons. The Morgan fingerprint density at radius 2 is 2.12 bits per heavy atom. The van der Waals surface area contributed by atoms with E-state index in [9.17, 15) is 5.11 Å². The highest BCUT2D eigenvalue weighted by molar-refractivity contribution is 4.96. The van der Waals surface area contributed by atoms with Crippen LogP contribution in [0.15, 0.2) is 0 Å². The summed E-state index contributed by atoms with van der Waals surface area (Å²) < 4.78 is 6.18. The van der Waals surface area contributed by atoms with Gasteiger partial charge in [-0.2, -0.15) is 0 Å².